The number of carbonyl (C=O) groups excluding carboxylic acids is 1. The minimum Gasteiger partial charge on any atom is -0.489 e. The summed E-state index contributed by atoms with van der Waals surface area (Å²) in [6.45, 7) is 3.87. The van der Waals surface area contributed by atoms with Gasteiger partial charge in [0, 0.05) is 23.4 Å². The van der Waals surface area contributed by atoms with E-state index in [2.05, 4.69) is 15.5 Å². The van der Waals surface area contributed by atoms with Crippen molar-refractivity contribution < 1.29 is 13.9 Å². The molecule has 1 N–H and O–H groups in total. The first-order valence-corrected chi connectivity index (χ1v) is 9.03. The highest BCUT2D eigenvalue weighted by molar-refractivity contribution is 6.30. The van der Waals surface area contributed by atoms with Gasteiger partial charge in [-0.15, -0.1) is 10.2 Å². The van der Waals surface area contributed by atoms with E-state index < -0.39 is 0 Å². The van der Waals surface area contributed by atoms with E-state index in [-0.39, 0.29) is 18.4 Å². The quantitative estimate of drug-likeness (QED) is 0.635. The lowest BCUT2D eigenvalue weighted by molar-refractivity contribution is -0.116. The van der Waals surface area contributed by atoms with E-state index in [0.717, 1.165) is 5.56 Å². The molecular formula is C20H20ClN3O3. The average Bonchev–Trinajstić information content (AvgIpc) is 3.11. The number of nitrogens with zero attached hydrogens (tertiary/aromatic N) is 2. The number of hydrogen-bond acceptors (Lipinski definition) is 5. The standard InChI is InChI=1S/C20H20ClN3O3/c1-13(2)26-17-6-4-3-5-16(17)22-18(25)11-12-19-23-24-20(27-19)14-7-9-15(21)10-8-14/h3-10,13H,11-12H2,1-2H3,(H,22,25). The number of aromatic nitrogens is 2. The van der Waals surface area contributed by atoms with Crippen LogP contribution >= 0.6 is 11.6 Å². The summed E-state index contributed by atoms with van der Waals surface area (Å²) in [4.78, 5) is 12.3. The van der Waals surface area contributed by atoms with Crippen molar-refractivity contribution in [3.63, 3.8) is 0 Å². The Hall–Kier alpha value is -2.86. The fraction of sp³-hybridized carbons (Fsp3) is 0.250. The van der Waals surface area contributed by atoms with Crippen LogP contribution in [0.15, 0.2) is 52.9 Å². The number of carbonyl (C=O) groups is 1. The Morgan fingerprint density at radius 3 is 2.63 bits per heavy atom. The molecule has 3 aromatic rings. The molecule has 0 aliphatic rings. The number of rotatable bonds is 7. The molecule has 1 aromatic heterocycles. The molecule has 0 saturated heterocycles. The maximum Gasteiger partial charge on any atom is 0.247 e. The summed E-state index contributed by atoms with van der Waals surface area (Å²) in [5.41, 5.74) is 1.42. The van der Waals surface area contributed by atoms with Gasteiger partial charge in [0.2, 0.25) is 17.7 Å². The molecule has 0 aliphatic carbocycles. The van der Waals surface area contributed by atoms with Crippen molar-refractivity contribution in [2.45, 2.75) is 32.8 Å². The maximum atomic E-state index is 12.3. The molecule has 0 atom stereocenters. The zero-order valence-corrected chi connectivity index (χ0v) is 15.9. The van der Waals surface area contributed by atoms with Gasteiger partial charge in [-0.2, -0.15) is 0 Å². The van der Waals surface area contributed by atoms with E-state index in [1.807, 2.05) is 32.0 Å². The molecule has 0 bridgehead atoms. The first-order valence-electron chi connectivity index (χ1n) is 8.65. The predicted molar refractivity (Wildman–Crippen MR) is 104 cm³/mol. The number of hydrogen-bond donors (Lipinski definition) is 1. The van der Waals surface area contributed by atoms with Crippen LogP contribution in [0.2, 0.25) is 5.02 Å². The first kappa shape index (κ1) is 18.9. The lowest BCUT2D eigenvalue weighted by Gasteiger charge is -2.14. The summed E-state index contributed by atoms with van der Waals surface area (Å²) in [5, 5.41) is 11.5. The van der Waals surface area contributed by atoms with Crippen molar-refractivity contribution in [3.8, 4) is 17.2 Å². The summed E-state index contributed by atoms with van der Waals surface area (Å²) in [7, 11) is 0. The second kappa shape index (κ2) is 8.68. The summed E-state index contributed by atoms with van der Waals surface area (Å²) in [6.07, 6.45) is 0.588. The molecule has 3 rings (SSSR count). The van der Waals surface area contributed by atoms with Crippen molar-refractivity contribution in [1.82, 2.24) is 10.2 Å². The van der Waals surface area contributed by atoms with Crippen LogP contribution in [0.3, 0.4) is 0 Å². The molecule has 2 aromatic carbocycles. The van der Waals surface area contributed by atoms with Crippen LogP contribution in [0.4, 0.5) is 5.69 Å². The monoisotopic (exact) mass is 385 g/mol. The Kier molecular flexibility index (Phi) is 6.08. The van der Waals surface area contributed by atoms with Gasteiger partial charge < -0.3 is 14.5 Å². The maximum absolute atomic E-state index is 12.3. The average molecular weight is 386 g/mol. The highest BCUT2D eigenvalue weighted by Crippen LogP contribution is 2.25. The van der Waals surface area contributed by atoms with Crippen LogP contribution in [0.5, 0.6) is 5.75 Å². The molecule has 6 nitrogen and oxygen atoms in total. The summed E-state index contributed by atoms with van der Waals surface area (Å²) in [5.74, 6) is 1.30. The molecule has 1 heterocycles. The minimum absolute atomic E-state index is 0.0210. The molecule has 140 valence electrons. The summed E-state index contributed by atoms with van der Waals surface area (Å²) < 4.78 is 11.3. The van der Waals surface area contributed by atoms with Gasteiger partial charge >= 0.3 is 0 Å². The van der Waals surface area contributed by atoms with E-state index in [9.17, 15) is 4.79 Å². The summed E-state index contributed by atoms with van der Waals surface area (Å²) >= 11 is 5.87. The van der Waals surface area contributed by atoms with Crippen LogP contribution in [-0.2, 0) is 11.2 Å². The van der Waals surface area contributed by atoms with Gasteiger partial charge in [-0.3, -0.25) is 4.79 Å². The largest absolute Gasteiger partial charge is 0.489 e. The minimum atomic E-state index is -0.152. The molecule has 0 fully saturated rings. The molecule has 0 saturated carbocycles. The highest BCUT2D eigenvalue weighted by atomic mass is 35.5. The van der Waals surface area contributed by atoms with Gasteiger partial charge in [0.15, 0.2) is 0 Å². The lowest BCUT2D eigenvalue weighted by atomic mass is 10.2. The molecule has 0 aliphatic heterocycles. The van der Waals surface area contributed by atoms with Crippen LogP contribution < -0.4 is 10.1 Å². The Balaban J connectivity index is 1.58. The number of ether oxygens (including phenoxy) is 1. The van der Waals surface area contributed by atoms with Crippen LogP contribution in [0.1, 0.15) is 26.2 Å². The van der Waals surface area contributed by atoms with Crippen LogP contribution in [0.25, 0.3) is 11.5 Å². The lowest BCUT2D eigenvalue weighted by Crippen LogP contribution is -2.14. The van der Waals surface area contributed by atoms with Crippen molar-refractivity contribution in [1.29, 1.82) is 0 Å². The fourth-order valence-corrected chi connectivity index (χ4v) is 2.55. The Labute approximate surface area is 162 Å². The predicted octanol–water partition coefficient (Wildman–Crippen LogP) is 4.75. The SMILES string of the molecule is CC(C)Oc1ccccc1NC(=O)CCc1nnc(-c2ccc(Cl)cc2)o1. The van der Waals surface area contributed by atoms with Gasteiger partial charge in [0.1, 0.15) is 5.75 Å². The topological polar surface area (TPSA) is 77.2 Å². The van der Waals surface area contributed by atoms with E-state index in [0.29, 0.717) is 34.7 Å². The number of amides is 1. The molecule has 7 heteroatoms. The molecule has 27 heavy (non-hydrogen) atoms. The third-order valence-corrected chi connectivity index (χ3v) is 3.90. The Bertz CT molecular complexity index is 907. The zero-order valence-electron chi connectivity index (χ0n) is 15.1. The van der Waals surface area contributed by atoms with E-state index in [1.165, 1.54) is 0 Å². The Morgan fingerprint density at radius 1 is 1.15 bits per heavy atom. The number of benzene rings is 2. The second-order valence-corrected chi connectivity index (χ2v) is 6.66. The number of nitrogens with one attached hydrogen (secondary N) is 1. The first-order chi connectivity index (χ1) is 13.0. The molecule has 0 unspecified atom stereocenters. The molecule has 0 radical (unpaired) electrons. The third-order valence-electron chi connectivity index (χ3n) is 3.65. The Morgan fingerprint density at radius 2 is 1.89 bits per heavy atom. The smallest absolute Gasteiger partial charge is 0.247 e. The van der Waals surface area contributed by atoms with Gasteiger partial charge in [0.05, 0.1) is 11.8 Å². The van der Waals surface area contributed by atoms with Gasteiger partial charge in [0.25, 0.3) is 0 Å². The third kappa shape index (κ3) is 5.31. The zero-order chi connectivity index (χ0) is 19.2. The number of para-hydroxylation sites is 2. The van der Waals surface area contributed by atoms with Crippen molar-refractivity contribution in [3.05, 3.63) is 59.4 Å². The fourth-order valence-electron chi connectivity index (χ4n) is 2.42. The normalized spacial score (nSPS) is 10.8. The van der Waals surface area contributed by atoms with Crippen molar-refractivity contribution >= 4 is 23.2 Å². The number of aryl methyl sites for hydroxylation is 1. The van der Waals surface area contributed by atoms with Crippen LogP contribution in [0, 0.1) is 0 Å². The van der Waals surface area contributed by atoms with E-state index >= 15 is 0 Å². The molecular weight excluding hydrogens is 366 g/mol. The van der Waals surface area contributed by atoms with Gasteiger partial charge in [-0.25, -0.2) is 0 Å². The number of halogens is 1. The summed E-state index contributed by atoms with van der Waals surface area (Å²) in [6, 6.07) is 14.5. The van der Waals surface area contributed by atoms with Crippen molar-refractivity contribution in [2.75, 3.05) is 5.32 Å². The van der Waals surface area contributed by atoms with Gasteiger partial charge in [-0.05, 0) is 50.2 Å². The molecule has 1 amide bonds. The molecule has 0 spiro atoms. The van der Waals surface area contributed by atoms with Crippen LogP contribution in [-0.4, -0.2) is 22.2 Å². The van der Waals surface area contributed by atoms with E-state index in [4.69, 9.17) is 20.8 Å². The second-order valence-electron chi connectivity index (χ2n) is 6.22. The number of anilines is 1. The van der Waals surface area contributed by atoms with Gasteiger partial charge in [-0.1, -0.05) is 23.7 Å². The van der Waals surface area contributed by atoms with Crippen molar-refractivity contribution in [2.24, 2.45) is 0 Å². The highest BCUT2D eigenvalue weighted by Gasteiger charge is 2.12. The van der Waals surface area contributed by atoms with E-state index in [1.54, 1.807) is 30.3 Å².